The standard InChI is InChI=1S/C22H27N4O8P/c1-22(28)18(27)16(33-21(22)26-9-8-14-19(23)24-12-25-20(14)26)11-32-35(29)31-10-15(30-2)17(34-35)13-6-4-3-5-7-13/h3-9,12,15-18,21,27-28H,10-11H2,1-2H3,(H2,23,24,25)/t15-,16-,17-,18-,21-,22-,35-/m1/s1. The Morgan fingerprint density at radius 1 is 1.29 bits per heavy atom. The molecule has 0 spiro atoms. The van der Waals surface area contributed by atoms with Gasteiger partial charge in [0.05, 0.1) is 18.6 Å². The molecule has 0 saturated carbocycles. The lowest BCUT2D eigenvalue weighted by molar-refractivity contribution is -0.0990. The van der Waals surface area contributed by atoms with Gasteiger partial charge in [0.2, 0.25) is 0 Å². The maximum Gasteiger partial charge on any atom is 0.475 e. The number of fused-ring (bicyclic) bond motifs is 1. The van der Waals surface area contributed by atoms with Gasteiger partial charge in [0, 0.05) is 13.3 Å². The highest BCUT2D eigenvalue weighted by molar-refractivity contribution is 7.48. The Kier molecular flexibility index (Phi) is 6.41. The van der Waals surface area contributed by atoms with Gasteiger partial charge < -0.3 is 30.0 Å². The lowest BCUT2D eigenvalue weighted by Crippen LogP contribution is -2.44. The SMILES string of the molecule is CO[C@@H]1CO[P@](=O)(OC[C@H]2O[C@@H](n3ccc4c(N)ncnc43)[C@](C)(O)[C@@H]2O)O[C@@H]1c1ccccc1. The van der Waals surface area contributed by atoms with E-state index in [0.717, 1.165) is 5.56 Å². The molecule has 1 aromatic carbocycles. The van der Waals surface area contributed by atoms with Crippen molar-refractivity contribution in [2.45, 2.75) is 43.2 Å². The molecule has 2 aliphatic rings. The molecule has 2 fully saturated rings. The van der Waals surface area contributed by atoms with Crippen LogP contribution in [-0.2, 0) is 27.6 Å². The number of aliphatic hydroxyl groups is 2. The summed E-state index contributed by atoms with van der Waals surface area (Å²) < 4.78 is 42.9. The summed E-state index contributed by atoms with van der Waals surface area (Å²) in [5.74, 6) is 0.277. The van der Waals surface area contributed by atoms with Gasteiger partial charge in [-0.25, -0.2) is 14.5 Å². The van der Waals surface area contributed by atoms with Crippen LogP contribution in [0.4, 0.5) is 5.82 Å². The maximum absolute atomic E-state index is 13.3. The highest BCUT2D eigenvalue weighted by Gasteiger charge is 2.54. The van der Waals surface area contributed by atoms with Crippen LogP contribution in [0.5, 0.6) is 0 Å². The van der Waals surface area contributed by atoms with Crippen LogP contribution in [-0.4, -0.2) is 69.0 Å². The number of nitrogen functional groups attached to an aromatic ring is 1. The minimum atomic E-state index is -4.03. The molecule has 4 heterocycles. The number of aromatic nitrogens is 3. The van der Waals surface area contributed by atoms with Crippen molar-refractivity contribution in [3.63, 3.8) is 0 Å². The van der Waals surface area contributed by atoms with E-state index in [2.05, 4.69) is 9.97 Å². The van der Waals surface area contributed by atoms with Crippen molar-refractivity contribution in [3.8, 4) is 0 Å². The number of nitrogens with zero attached hydrogens (tertiary/aromatic N) is 3. The fraction of sp³-hybridized carbons (Fsp3) is 0.455. The predicted molar refractivity (Wildman–Crippen MR) is 123 cm³/mol. The topological polar surface area (TPSA) is 160 Å². The van der Waals surface area contributed by atoms with Crippen molar-refractivity contribution < 1.29 is 37.8 Å². The highest BCUT2D eigenvalue weighted by Crippen LogP contribution is 2.58. The first-order chi connectivity index (χ1) is 16.7. The second-order valence-corrected chi connectivity index (χ2v) is 10.3. The van der Waals surface area contributed by atoms with E-state index in [4.69, 9.17) is 28.8 Å². The van der Waals surface area contributed by atoms with Gasteiger partial charge >= 0.3 is 7.82 Å². The van der Waals surface area contributed by atoms with E-state index >= 15 is 0 Å². The van der Waals surface area contributed by atoms with E-state index in [9.17, 15) is 14.8 Å². The minimum absolute atomic E-state index is 0.0156. The fourth-order valence-electron chi connectivity index (χ4n) is 4.39. The molecule has 2 saturated heterocycles. The molecule has 3 aromatic rings. The van der Waals surface area contributed by atoms with E-state index in [1.807, 2.05) is 30.3 Å². The van der Waals surface area contributed by atoms with Crippen LogP contribution in [0, 0.1) is 0 Å². The average molecular weight is 506 g/mol. The molecule has 2 aromatic heterocycles. The first-order valence-electron chi connectivity index (χ1n) is 11.0. The Hall–Kier alpha value is -2.41. The molecule has 4 N–H and O–H groups in total. The molecule has 2 aliphatic heterocycles. The van der Waals surface area contributed by atoms with Gasteiger partial charge in [-0.2, -0.15) is 0 Å². The molecular formula is C22H27N4O8P. The van der Waals surface area contributed by atoms with Crippen molar-refractivity contribution in [3.05, 3.63) is 54.5 Å². The summed E-state index contributed by atoms with van der Waals surface area (Å²) in [5, 5.41) is 22.5. The van der Waals surface area contributed by atoms with Gasteiger partial charge in [0.1, 0.15) is 47.8 Å². The molecule has 0 unspecified atom stereocenters. The minimum Gasteiger partial charge on any atom is -0.387 e. The van der Waals surface area contributed by atoms with Crippen LogP contribution < -0.4 is 5.73 Å². The molecule has 0 radical (unpaired) electrons. The van der Waals surface area contributed by atoms with Crippen LogP contribution in [0.3, 0.4) is 0 Å². The van der Waals surface area contributed by atoms with E-state index in [-0.39, 0.29) is 19.0 Å². The second kappa shape index (κ2) is 9.23. The lowest BCUT2D eigenvalue weighted by atomic mass is 9.96. The Labute approximate surface area is 201 Å². The number of rotatable bonds is 6. The Morgan fingerprint density at radius 3 is 2.80 bits per heavy atom. The molecule has 7 atom stereocenters. The summed E-state index contributed by atoms with van der Waals surface area (Å²) in [5.41, 5.74) is 5.36. The second-order valence-electron chi connectivity index (χ2n) is 8.67. The normalized spacial score (nSPS) is 35.5. The van der Waals surface area contributed by atoms with Gasteiger partial charge in [-0.3, -0.25) is 13.6 Å². The van der Waals surface area contributed by atoms with Crippen molar-refractivity contribution in [1.82, 2.24) is 14.5 Å². The molecular weight excluding hydrogens is 479 g/mol. The lowest BCUT2D eigenvalue weighted by Gasteiger charge is -2.35. The molecule has 13 heteroatoms. The Balaban J connectivity index is 1.32. The quantitative estimate of drug-likeness (QED) is 0.419. The van der Waals surface area contributed by atoms with E-state index in [1.165, 1.54) is 20.4 Å². The number of phosphoric acid groups is 1. The van der Waals surface area contributed by atoms with Crippen molar-refractivity contribution in [2.75, 3.05) is 26.1 Å². The number of ether oxygens (including phenoxy) is 2. The summed E-state index contributed by atoms with van der Waals surface area (Å²) in [4.78, 5) is 8.17. The Bertz CT molecular complexity index is 1240. The molecule has 12 nitrogen and oxygen atoms in total. The summed E-state index contributed by atoms with van der Waals surface area (Å²) >= 11 is 0. The Morgan fingerprint density at radius 2 is 2.06 bits per heavy atom. The predicted octanol–water partition coefficient (Wildman–Crippen LogP) is 1.95. The molecule has 188 valence electrons. The van der Waals surface area contributed by atoms with Gasteiger partial charge in [-0.15, -0.1) is 0 Å². The molecule has 35 heavy (non-hydrogen) atoms. The number of aliphatic hydroxyl groups excluding tert-OH is 1. The van der Waals surface area contributed by atoms with Gasteiger partial charge in [-0.05, 0) is 18.6 Å². The number of hydrogen-bond acceptors (Lipinski definition) is 11. The summed E-state index contributed by atoms with van der Waals surface area (Å²) in [7, 11) is -2.52. The molecule has 0 amide bonds. The van der Waals surface area contributed by atoms with Gasteiger partial charge in [0.15, 0.2) is 6.23 Å². The van der Waals surface area contributed by atoms with Crippen LogP contribution in [0.2, 0.25) is 0 Å². The van der Waals surface area contributed by atoms with Crippen LogP contribution in [0.1, 0.15) is 24.8 Å². The highest BCUT2D eigenvalue weighted by atomic mass is 31.2. The number of hydrogen-bond donors (Lipinski definition) is 3. The largest absolute Gasteiger partial charge is 0.475 e. The third kappa shape index (κ3) is 4.37. The molecule has 0 aliphatic carbocycles. The number of phosphoric ester groups is 1. The van der Waals surface area contributed by atoms with Crippen molar-refractivity contribution in [1.29, 1.82) is 0 Å². The number of nitrogens with two attached hydrogens (primary N) is 1. The van der Waals surface area contributed by atoms with Crippen molar-refractivity contribution in [2.24, 2.45) is 0 Å². The number of methoxy groups -OCH3 is 1. The number of anilines is 1. The van der Waals surface area contributed by atoms with E-state index in [1.54, 1.807) is 16.8 Å². The van der Waals surface area contributed by atoms with Crippen LogP contribution >= 0.6 is 7.82 Å². The smallest absolute Gasteiger partial charge is 0.387 e. The van der Waals surface area contributed by atoms with E-state index < -0.39 is 44.1 Å². The summed E-state index contributed by atoms with van der Waals surface area (Å²) in [6.07, 6.45) is -1.68. The first-order valence-corrected chi connectivity index (χ1v) is 12.5. The fourth-order valence-corrected chi connectivity index (χ4v) is 5.78. The first kappa shape index (κ1) is 24.3. The monoisotopic (exact) mass is 506 g/mol. The zero-order valence-corrected chi connectivity index (χ0v) is 20.0. The van der Waals surface area contributed by atoms with Crippen molar-refractivity contribution >= 4 is 24.7 Å². The molecule has 5 rings (SSSR count). The maximum atomic E-state index is 13.3. The van der Waals surface area contributed by atoms with Crippen LogP contribution in [0.25, 0.3) is 11.0 Å². The molecule has 0 bridgehead atoms. The third-order valence-electron chi connectivity index (χ3n) is 6.35. The van der Waals surface area contributed by atoms with Gasteiger partial charge in [0.25, 0.3) is 0 Å². The summed E-state index contributed by atoms with van der Waals surface area (Å²) in [6.45, 7) is 1.06. The van der Waals surface area contributed by atoms with Crippen LogP contribution in [0.15, 0.2) is 48.9 Å². The van der Waals surface area contributed by atoms with Gasteiger partial charge in [-0.1, -0.05) is 30.3 Å². The van der Waals surface area contributed by atoms with E-state index in [0.29, 0.717) is 11.0 Å². The summed E-state index contributed by atoms with van der Waals surface area (Å²) in [6, 6.07) is 10.9. The average Bonchev–Trinajstić information content (AvgIpc) is 3.38. The zero-order chi connectivity index (χ0) is 24.8. The number of benzene rings is 1. The zero-order valence-electron chi connectivity index (χ0n) is 19.1. The third-order valence-corrected chi connectivity index (χ3v) is 7.77.